The Balaban J connectivity index is 1.33. The largest absolute Gasteiger partial charge is 0.368 e. The zero-order chi connectivity index (χ0) is 20.9. The number of nitrogens with one attached hydrogen (secondary N) is 2. The monoisotopic (exact) mass is 415 g/mol. The number of H-pyrrole nitrogens is 1. The van der Waals surface area contributed by atoms with Gasteiger partial charge in [0.15, 0.2) is 5.82 Å². The first-order valence-electron chi connectivity index (χ1n) is 10.9. The Hall–Kier alpha value is -3.42. The van der Waals surface area contributed by atoms with Crippen LogP contribution >= 0.6 is 0 Å². The number of carbonyl (C=O) groups is 1. The molecule has 2 aliphatic carbocycles. The second kappa shape index (κ2) is 7.08. The van der Waals surface area contributed by atoms with Crippen molar-refractivity contribution in [3.63, 3.8) is 0 Å². The summed E-state index contributed by atoms with van der Waals surface area (Å²) >= 11 is 0. The van der Waals surface area contributed by atoms with Gasteiger partial charge in [0.25, 0.3) is 0 Å². The highest BCUT2D eigenvalue weighted by atomic mass is 16.1. The van der Waals surface area contributed by atoms with Crippen molar-refractivity contribution in [3.05, 3.63) is 59.4 Å². The Bertz CT molecular complexity index is 1120. The topological polar surface area (TPSA) is 113 Å². The minimum absolute atomic E-state index is 0.294. The molecule has 3 aliphatic rings. The molecule has 3 heterocycles. The zero-order valence-electron chi connectivity index (χ0n) is 17.2. The molecule has 4 N–H and O–H groups in total. The lowest BCUT2D eigenvalue weighted by molar-refractivity contribution is -0.119. The summed E-state index contributed by atoms with van der Waals surface area (Å²) in [5, 5.41) is 10.8. The minimum Gasteiger partial charge on any atom is -0.368 e. The number of carbonyl (C=O) groups excluding carboxylic acids is 1. The van der Waals surface area contributed by atoms with E-state index in [2.05, 4.69) is 27.6 Å². The quantitative estimate of drug-likeness (QED) is 0.547. The summed E-state index contributed by atoms with van der Waals surface area (Å²) in [6, 6.07) is 13.9. The van der Waals surface area contributed by atoms with Crippen molar-refractivity contribution in [2.45, 2.75) is 37.6 Å². The van der Waals surface area contributed by atoms with Crippen LogP contribution < -0.4 is 16.0 Å². The molecule has 3 aromatic rings. The fraction of sp³-hybridized carbons (Fsp3) is 0.391. The van der Waals surface area contributed by atoms with Crippen LogP contribution in [0.15, 0.2) is 42.5 Å². The van der Waals surface area contributed by atoms with Crippen LogP contribution in [0, 0.1) is 11.8 Å². The lowest BCUT2D eigenvalue weighted by Crippen LogP contribution is -2.44. The number of aromatic nitrogens is 4. The number of rotatable bonds is 7. The Kier molecular flexibility index (Phi) is 4.19. The predicted molar refractivity (Wildman–Crippen MR) is 117 cm³/mol. The molecule has 2 aromatic heterocycles. The summed E-state index contributed by atoms with van der Waals surface area (Å²) in [5.41, 5.74) is 8.96. The number of nitrogens with zero attached hydrogens (tertiary/aromatic N) is 4. The Morgan fingerprint density at radius 1 is 1.16 bits per heavy atom. The highest BCUT2D eigenvalue weighted by molar-refractivity contribution is 5.85. The van der Waals surface area contributed by atoms with E-state index >= 15 is 0 Å². The molecule has 6 rings (SSSR count). The van der Waals surface area contributed by atoms with Crippen molar-refractivity contribution in [1.29, 1.82) is 0 Å². The number of hydrogen-bond donors (Lipinski definition) is 3. The standard InChI is InChI=1S/C23H25N7O/c24-22(31)21-17-9-15(17)12-30(21)23-25-16(8-13-4-2-1-3-5-13)10-19(27-23)26-20-11-18(28-29-20)14-6-7-14/h1-5,10-11,14-15,17,21H,6-9,12H2,(H2,24,31)(H2,25,26,27,28,29)/t15-,17-,21+/m1/s1. The van der Waals surface area contributed by atoms with E-state index in [0.29, 0.717) is 35.9 Å². The van der Waals surface area contributed by atoms with Gasteiger partial charge >= 0.3 is 0 Å². The number of piperidine rings is 1. The highest BCUT2D eigenvalue weighted by Crippen LogP contribution is 2.50. The summed E-state index contributed by atoms with van der Waals surface area (Å²) in [7, 11) is 0. The number of hydrogen-bond acceptors (Lipinski definition) is 6. The highest BCUT2D eigenvalue weighted by Gasteiger charge is 2.55. The lowest BCUT2D eigenvalue weighted by atomic mass is 10.1. The maximum Gasteiger partial charge on any atom is 0.240 e. The number of anilines is 3. The first kappa shape index (κ1) is 18.4. The summed E-state index contributed by atoms with van der Waals surface area (Å²) < 4.78 is 0. The predicted octanol–water partition coefficient (Wildman–Crippen LogP) is 2.72. The van der Waals surface area contributed by atoms with Crippen LogP contribution in [0.5, 0.6) is 0 Å². The third kappa shape index (κ3) is 3.62. The van der Waals surface area contributed by atoms with E-state index in [1.54, 1.807) is 0 Å². The van der Waals surface area contributed by atoms with Gasteiger partial charge in [-0.1, -0.05) is 30.3 Å². The minimum atomic E-state index is -0.323. The van der Waals surface area contributed by atoms with Crippen LogP contribution in [-0.2, 0) is 11.2 Å². The molecule has 1 amide bonds. The van der Waals surface area contributed by atoms with Crippen molar-refractivity contribution in [2.75, 3.05) is 16.8 Å². The third-order valence-electron chi connectivity index (χ3n) is 6.56. The average Bonchev–Trinajstić information content (AvgIpc) is 3.67. The van der Waals surface area contributed by atoms with Gasteiger partial charge in [0.05, 0.1) is 5.69 Å². The molecule has 1 aromatic carbocycles. The molecule has 3 atom stereocenters. The maximum atomic E-state index is 12.1. The number of aromatic amines is 1. The molecule has 2 saturated carbocycles. The van der Waals surface area contributed by atoms with Crippen LogP contribution in [0.3, 0.4) is 0 Å². The third-order valence-corrected chi connectivity index (χ3v) is 6.56. The molecule has 0 spiro atoms. The van der Waals surface area contributed by atoms with Gasteiger partial charge in [-0.2, -0.15) is 10.1 Å². The Labute approximate surface area is 180 Å². The van der Waals surface area contributed by atoms with Crippen LogP contribution in [0.25, 0.3) is 0 Å². The number of benzene rings is 1. The molecule has 0 radical (unpaired) electrons. The molecule has 8 nitrogen and oxygen atoms in total. The van der Waals surface area contributed by atoms with Gasteiger partial charge in [0.2, 0.25) is 11.9 Å². The van der Waals surface area contributed by atoms with Gasteiger partial charge in [0, 0.05) is 36.7 Å². The molecule has 0 unspecified atom stereocenters. The molecule has 0 bridgehead atoms. The Morgan fingerprint density at radius 2 is 2.00 bits per heavy atom. The van der Waals surface area contributed by atoms with Crippen LogP contribution in [-0.4, -0.2) is 38.7 Å². The molecular weight excluding hydrogens is 390 g/mol. The zero-order valence-corrected chi connectivity index (χ0v) is 17.2. The van der Waals surface area contributed by atoms with Crippen LogP contribution in [0.1, 0.15) is 42.1 Å². The van der Waals surface area contributed by atoms with E-state index in [1.165, 1.54) is 18.4 Å². The van der Waals surface area contributed by atoms with Crippen molar-refractivity contribution < 1.29 is 4.79 Å². The number of fused-ring (bicyclic) bond motifs is 1. The molecule has 31 heavy (non-hydrogen) atoms. The summed E-state index contributed by atoms with van der Waals surface area (Å²) in [6.45, 7) is 0.779. The average molecular weight is 416 g/mol. The molecule has 1 aliphatic heterocycles. The normalized spacial score (nSPS) is 24.1. The van der Waals surface area contributed by atoms with E-state index in [4.69, 9.17) is 15.7 Å². The fourth-order valence-corrected chi connectivity index (χ4v) is 4.74. The summed E-state index contributed by atoms with van der Waals surface area (Å²) in [5.74, 6) is 3.14. The van der Waals surface area contributed by atoms with Gasteiger partial charge in [-0.3, -0.25) is 9.89 Å². The number of amides is 1. The van der Waals surface area contributed by atoms with E-state index in [9.17, 15) is 4.79 Å². The smallest absolute Gasteiger partial charge is 0.240 e. The first-order valence-corrected chi connectivity index (χ1v) is 10.9. The van der Waals surface area contributed by atoms with Gasteiger partial charge in [0.1, 0.15) is 11.9 Å². The van der Waals surface area contributed by atoms with Crippen molar-refractivity contribution in [2.24, 2.45) is 17.6 Å². The lowest BCUT2D eigenvalue weighted by Gasteiger charge is -2.26. The van der Waals surface area contributed by atoms with Crippen molar-refractivity contribution in [1.82, 2.24) is 20.2 Å². The molecule has 1 saturated heterocycles. The maximum absolute atomic E-state index is 12.1. The number of primary amides is 1. The van der Waals surface area contributed by atoms with Gasteiger partial charge < -0.3 is 16.0 Å². The first-order chi connectivity index (χ1) is 15.1. The van der Waals surface area contributed by atoms with Gasteiger partial charge in [-0.15, -0.1) is 0 Å². The molecule has 3 fully saturated rings. The number of nitrogens with two attached hydrogens (primary N) is 1. The van der Waals surface area contributed by atoms with Crippen LogP contribution in [0.4, 0.5) is 17.6 Å². The fourth-order valence-electron chi connectivity index (χ4n) is 4.74. The molecular formula is C23H25N7O. The van der Waals surface area contributed by atoms with Gasteiger partial charge in [-0.05, 0) is 36.7 Å². The SMILES string of the molecule is NC(=O)[C@@H]1[C@@H]2C[C@@H]2CN1c1nc(Cc2ccccc2)cc(Nc2cc(C3CC3)[nH]n2)n1. The summed E-state index contributed by atoms with van der Waals surface area (Å²) in [6.07, 6.45) is 4.18. The van der Waals surface area contributed by atoms with Crippen LogP contribution in [0.2, 0.25) is 0 Å². The second-order valence-corrected chi connectivity index (χ2v) is 8.97. The van der Waals surface area contributed by atoms with E-state index < -0.39 is 0 Å². The van der Waals surface area contributed by atoms with Crippen molar-refractivity contribution in [3.8, 4) is 0 Å². The Morgan fingerprint density at radius 3 is 2.77 bits per heavy atom. The van der Waals surface area contributed by atoms with E-state index in [-0.39, 0.29) is 11.9 Å². The van der Waals surface area contributed by atoms with Gasteiger partial charge in [-0.25, -0.2) is 4.98 Å². The van der Waals surface area contributed by atoms with E-state index in [0.717, 1.165) is 30.2 Å². The second-order valence-electron chi connectivity index (χ2n) is 8.97. The van der Waals surface area contributed by atoms with Crippen molar-refractivity contribution >= 4 is 23.5 Å². The summed E-state index contributed by atoms with van der Waals surface area (Å²) in [4.78, 5) is 23.7. The molecule has 158 valence electrons. The molecule has 8 heteroatoms. The van der Waals surface area contributed by atoms with E-state index in [1.807, 2.05) is 35.2 Å².